The van der Waals surface area contributed by atoms with Crippen molar-refractivity contribution in [1.82, 2.24) is 19.0 Å². The lowest BCUT2D eigenvalue weighted by Gasteiger charge is -2.36. The van der Waals surface area contributed by atoms with Crippen molar-refractivity contribution in [2.75, 3.05) is 26.2 Å². The molecule has 0 unspecified atom stereocenters. The van der Waals surface area contributed by atoms with Gasteiger partial charge in [-0.05, 0) is 46.1 Å². The highest BCUT2D eigenvalue weighted by Crippen LogP contribution is 2.49. The number of piperazine rings is 1. The number of sulfonamides is 1. The molecule has 0 spiro atoms. The second kappa shape index (κ2) is 7.50. The average Bonchev–Trinajstić information content (AvgIpc) is 3.48. The van der Waals surface area contributed by atoms with Gasteiger partial charge in [-0.2, -0.15) is 9.40 Å². The monoisotopic (exact) mass is 430 g/mol. The average molecular weight is 431 g/mol. The van der Waals surface area contributed by atoms with Gasteiger partial charge in [-0.25, -0.2) is 8.42 Å². The first-order valence-corrected chi connectivity index (χ1v) is 12.0. The van der Waals surface area contributed by atoms with E-state index in [4.69, 9.17) is 0 Å². The second-order valence-electron chi connectivity index (χ2n) is 8.68. The fraction of sp³-hybridized carbons (Fsp3) is 0.545. The van der Waals surface area contributed by atoms with Crippen LogP contribution in [0, 0.1) is 13.8 Å². The Morgan fingerprint density at radius 2 is 1.63 bits per heavy atom. The van der Waals surface area contributed by atoms with Crippen molar-refractivity contribution in [2.24, 2.45) is 0 Å². The van der Waals surface area contributed by atoms with Gasteiger partial charge >= 0.3 is 0 Å². The van der Waals surface area contributed by atoms with Crippen LogP contribution >= 0.6 is 0 Å². The standard InChI is InChI=1S/C22H30N4O3S/c1-16(2)26-18(4)20(17(3)23-26)30(28,29)25-14-12-24(13-15-25)21(27)22(10-11-22)19-8-6-5-7-9-19/h5-9,16H,10-15H2,1-4H3. The van der Waals surface area contributed by atoms with Crippen LogP contribution in [0.5, 0.6) is 0 Å². The zero-order valence-corrected chi connectivity index (χ0v) is 18.9. The zero-order chi connectivity index (χ0) is 21.7. The van der Waals surface area contributed by atoms with Crippen molar-refractivity contribution < 1.29 is 13.2 Å². The van der Waals surface area contributed by atoms with E-state index in [9.17, 15) is 13.2 Å². The van der Waals surface area contributed by atoms with Crippen molar-refractivity contribution >= 4 is 15.9 Å². The van der Waals surface area contributed by atoms with E-state index in [1.54, 1.807) is 11.6 Å². The van der Waals surface area contributed by atoms with Crippen LogP contribution in [0.1, 0.15) is 49.7 Å². The predicted molar refractivity (Wildman–Crippen MR) is 115 cm³/mol. The third kappa shape index (κ3) is 3.36. The molecule has 1 saturated heterocycles. The largest absolute Gasteiger partial charge is 0.339 e. The van der Waals surface area contributed by atoms with Gasteiger partial charge in [0.05, 0.1) is 16.8 Å². The summed E-state index contributed by atoms with van der Waals surface area (Å²) < 4.78 is 29.9. The Morgan fingerprint density at radius 1 is 1.03 bits per heavy atom. The van der Waals surface area contributed by atoms with Crippen LogP contribution in [0.2, 0.25) is 0 Å². The molecule has 0 bridgehead atoms. The molecule has 2 aliphatic rings. The normalized spacial score (nSPS) is 19.3. The van der Waals surface area contributed by atoms with Crippen molar-refractivity contribution in [1.29, 1.82) is 0 Å². The summed E-state index contributed by atoms with van der Waals surface area (Å²) in [6.07, 6.45) is 1.72. The number of carbonyl (C=O) groups is 1. The van der Waals surface area contributed by atoms with E-state index >= 15 is 0 Å². The van der Waals surface area contributed by atoms with E-state index < -0.39 is 15.4 Å². The molecule has 30 heavy (non-hydrogen) atoms. The highest BCUT2D eigenvalue weighted by molar-refractivity contribution is 7.89. The minimum atomic E-state index is -3.65. The fourth-order valence-electron chi connectivity index (χ4n) is 4.60. The van der Waals surface area contributed by atoms with E-state index in [0.717, 1.165) is 18.4 Å². The molecular formula is C22H30N4O3S. The zero-order valence-electron chi connectivity index (χ0n) is 18.1. The molecule has 1 aliphatic carbocycles. The fourth-order valence-corrected chi connectivity index (χ4v) is 6.38. The van der Waals surface area contributed by atoms with Gasteiger partial charge in [0, 0.05) is 32.2 Å². The first-order chi connectivity index (χ1) is 14.2. The first kappa shape index (κ1) is 21.1. The van der Waals surface area contributed by atoms with E-state index in [1.165, 1.54) is 4.31 Å². The highest BCUT2D eigenvalue weighted by Gasteiger charge is 2.53. The SMILES string of the molecule is Cc1nn(C(C)C)c(C)c1S(=O)(=O)N1CCN(C(=O)C2(c3ccccc3)CC2)CC1. The van der Waals surface area contributed by atoms with E-state index in [0.29, 0.717) is 42.5 Å². The number of benzene rings is 1. The first-order valence-electron chi connectivity index (χ1n) is 10.6. The number of carbonyl (C=O) groups excluding carboxylic acids is 1. The third-order valence-electron chi connectivity index (χ3n) is 6.36. The Bertz CT molecular complexity index is 1050. The van der Waals surface area contributed by atoms with Crippen LogP contribution < -0.4 is 0 Å². The highest BCUT2D eigenvalue weighted by atomic mass is 32.2. The molecule has 0 radical (unpaired) electrons. The topological polar surface area (TPSA) is 75.5 Å². The Hall–Kier alpha value is -2.19. The number of hydrogen-bond acceptors (Lipinski definition) is 4. The Balaban J connectivity index is 1.49. The molecular weight excluding hydrogens is 400 g/mol. The molecule has 1 aromatic heterocycles. The molecule has 1 aliphatic heterocycles. The smallest absolute Gasteiger partial charge is 0.246 e. The van der Waals surface area contributed by atoms with Crippen LogP contribution in [0.3, 0.4) is 0 Å². The minimum absolute atomic E-state index is 0.0924. The van der Waals surface area contributed by atoms with Gasteiger partial charge in [-0.15, -0.1) is 0 Å². The van der Waals surface area contributed by atoms with Crippen LogP contribution in [-0.2, 0) is 20.2 Å². The molecule has 1 aromatic carbocycles. The van der Waals surface area contributed by atoms with Gasteiger partial charge in [0.15, 0.2) is 0 Å². The van der Waals surface area contributed by atoms with Crippen molar-refractivity contribution in [3.8, 4) is 0 Å². The van der Waals surface area contributed by atoms with Crippen LogP contribution in [0.15, 0.2) is 35.2 Å². The maximum Gasteiger partial charge on any atom is 0.246 e. The molecule has 8 heteroatoms. The third-order valence-corrected chi connectivity index (χ3v) is 8.51. The summed E-state index contributed by atoms with van der Waals surface area (Å²) >= 11 is 0. The summed E-state index contributed by atoms with van der Waals surface area (Å²) in [5.74, 6) is 0.130. The molecule has 4 rings (SSSR count). The molecule has 7 nitrogen and oxygen atoms in total. The quantitative estimate of drug-likeness (QED) is 0.731. The summed E-state index contributed by atoms with van der Waals surface area (Å²) in [6, 6.07) is 10.0. The molecule has 2 aromatic rings. The summed E-state index contributed by atoms with van der Waals surface area (Å²) in [5, 5.41) is 4.43. The van der Waals surface area contributed by atoms with Crippen LogP contribution in [0.4, 0.5) is 0 Å². The summed E-state index contributed by atoms with van der Waals surface area (Å²) in [5.41, 5.74) is 1.86. The predicted octanol–water partition coefficient (Wildman–Crippen LogP) is 2.65. The summed E-state index contributed by atoms with van der Waals surface area (Å²) in [4.78, 5) is 15.4. The number of amides is 1. The van der Waals surface area contributed by atoms with Crippen molar-refractivity contribution in [2.45, 2.75) is 56.9 Å². The Morgan fingerprint density at radius 3 is 2.13 bits per heavy atom. The number of nitrogens with zero attached hydrogens (tertiary/aromatic N) is 4. The van der Waals surface area contributed by atoms with E-state index in [-0.39, 0.29) is 11.9 Å². The number of rotatable bonds is 5. The van der Waals surface area contributed by atoms with Gasteiger partial charge in [0.2, 0.25) is 15.9 Å². The van der Waals surface area contributed by atoms with Crippen LogP contribution in [0.25, 0.3) is 0 Å². The molecule has 2 heterocycles. The maximum absolute atomic E-state index is 13.3. The van der Waals surface area contributed by atoms with Gasteiger partial charge in [0.1, 0.15) is 4.90 Å². The lowest BCUT2D eigenvalue weighted by atomic mass is 9.94. The minimum Gasteiger partial charge on any atom is -0.339 e. The lowest BCUT2D eigenvalue weighted by Crippen LogP contribution is -2.53. The Labute approximate surface area is 178 Å². The molecule has 162 valence electrons. The van der Waals surface area contributed by atoms with E-state index in [2.05, 4.69) is 5.10 Å². The maximum atomic E-state index is 13.3. The summed E-state index contributed by atoms with van der Waals surface area (Å²) in [7, 11) is -3.65. The molecule has 1 saturated carbocycles. The van der Waals surface area contributed by atoms with Crippen molar-refractivity contribution in [3.63, 3.8) is 0 Å². The molecule has 2 fully saturated rings. The Kier molecular flexibility index (Phi) is 5.26. The second-order valence-corrected chi connectivity index (χ2v) is 10.6. The number of hydrogen-bond donors (Lipinski definition) is 0. The number of aryl methyl sites for hydroxylation is 1. The molecule has 1 amide bonds. The lowest BCUT2D eigenvalue weighted by molar-refractivity contribution is -0.135. The van der Waals surface area contributed by atoms with Gasteiger partial charge in [-0.1, -0.05) is 30.3 Å². The number of aromatic nitrogens is 2. The van der Waals surface area contributed by atoms with Crippen LogP contribution in [-0.4, -0.2) is 59.5 Å². The molecule has 0 N–H and O–H groups in total. The summed E-state index contributed by atoms with van der Waals surface area (Å²) in [6.45, 7) is 8.99. The van der Waals surface area contributed by atoms with Gasteiger partial charge in [0.25, 0.3) is 0 Å². The molecule has 0 atom stereocenters. The van der Waals surface area contributed by atoms with Gasteiger partial charge in [-0.3, -0.25) is 9.48 Å². The van der Waals surface area contributed by atoms with Gasteiger partial charge < -0.3 is 4.90 Å². The van der Waals surface area contributed by atoms with E-state index in [1.807, 2.05) is 56.0 Å². The van der Waals surface area contributed by atoms with Crippen molar-refractivity contribution in [3.05, 3.63) is 47.3 Å².